The van der Waals surface area contributed by atoms with Gasteiger partial charge in [-0.25, -0.2) is 4.79 Å². The quantitative estimate of drug-likeness (QED) is 0.207. The van der Waals surface area contributed by atoms with E-state index in [4.69, 9.17) is 25.8 Å². The zero-order chi connectivity index (χ0) is 27.7. The van der Waals surface area contributed by atoms with Crippen LogP contribution in [0.3, 0.4) is 0 Å². The number of dihydropyridines is 1. The average molecular weight is 656 g/mol. The van der Waals surface area contributed by atoms with Crippen LogP contribution >= 0.6 is 34.2 Å². The second kappa shape index (κ2) is 11.4. The van der Waals surface area contributed by atoms with Gasteiger partial charge in [0.1, 0.15) is 6.61 Å². The van der Waals surface area contributed by atoms with Gasteiger partial charge >= 0.3 is 5.97 Å². The number of Topliss-reactive ketones (excluding diaryl/α,β-unsaturated/α-hetero) is 1. The van der Waals surface area contributed by atoms with E-state index in [1.165, 1.54) is 0 Å². The van der Waals surface area contributed by atoms with Crippen molar-refractivity contribution in [2.45, 2.75) is 33.3 Å². The van der Waals surface area contributed by atoms with E-state index < -0.39 is 11.9 Å². The maximum absolute atomic E-state index is 13.8. The Morgan fingerprint density at radius 1 is 1.00 bits per heavy atom. The minimum Gasteiger partial charge on any atom is -0.490 e. The molecule has 5 rings (SSSR count). The summed E-state index contributed by atoms with van der Waals surface area (Å²) in [5, 5.41) is 3.95. The van der Waals surface area contributed by atoms with E-state index in [0.717, 1.165) is 26.0 Å². The molecule has 0 spiro atoms. The molecule has 6 nitrogen and oxygen atoms in total. The number of carbonyl (C=O) groups is 2. The first-order valence-corrected chi connectivity index (χ1v) is 14.2. The van der Waals surface area contributed by atoms with E-state index in [2.05, 4.69) is 27.9 Å². The van der Waals surface area contributed by atoms with Crippen molar-refractivity contribution < 1.29 is 23.8 Å². The number of esters is 1. The molecule has 0 amide bonds. The molecule has 200 valence electrons. The van der Waals surface area contributed by atoms with Gasteiger partial charge in [0.25, 0.3) is 0 Å². The topological polar surface area (TPSA) is 73.9 Å². The van der Waals surface area contributed by atoms with Crippen LogP contribution in [-0.4, -0.2) is 25.0 Å². The largest absolute Gasteiger partial charge is 0.490 e. The fraction of sp³-hybridized carbons (Fsp3) is 0.226. The standard InChI is InChI=1S/C31H27ClINO5/c1-4-37-24-15-19(14-23(33)30(24)39-16-18-10-6-9-13-22(18)32)26-25(31(36)38-5-2)17(3)34-28-20-11-7-8-12-21(20)29(35)27(26)28/h6-15,26,34H,4-5,16H2,1-3H3/t26-/m0/s1. The van der Waals surface area contributed by atoms with Gasteiger partial charge in [-0.1, -0.05) is 54.1 Å². The number of benzene rings is 3. The molecule has 0 saturated carbocycles. The fourth-order valence-electron chi connectivity index (χ4n) is 5.06. The summed E-state index contributed by atoms with van der Waals surface area (Å²) < 4.78 is 18.5. The maximum atomic E-state index is 13.8. The summed E-state index contributed by atoms with van der Waals surface area (Å²) in [6, 6.07) is 18.8. The smallest absolute Gasteiger partial charge is 0.336 e. The molecule has 39 heavy (non-hydrogen) atoms. The number of ether oxygens (including phenoxy) is 3. The average Bonchev–Trinajstić information content (AvgIpc) is 3.20. The first-order valence-electron chi connectivity index (χ1n) is 12.7. The monoisotopic (exact) mass is 655 g/mol. The molecule has 1 N–H and O–H groups in total. The molecule has 3 aromatic carbocycles. The van der Waals surface area contributed by atoms with Crippen LogP contribution < -0.4 is 14.8 Å². The molecule has 0 radical (unpaired) electrons. The number of rotatable bonds is 8. The van der Waals surface area contributed by atoms with Crippen LogP contribution in [0.4, 0.5) is 0 Å². The number of ketones is 1. The molecule has 3 aromatic rings. The third-order valence-electron chi connectivity index (χ3n) is 6.74. The number of carbonyl (C=O) groups excluding carboxylic acids is 2. The summed E-state index contributed by atoms with van der Waals surface area (Å²) in [5.74, 6) is -0.126. The van der Waals surface area contributed by atoms with Crippen molar-refractivity contribution in [3.05, 3.63) is 108 Å². The molecule has 1 aliphatic heterocycles. The Hall–Kier alpha value is -3.30. The lowest BCUT2D eigenvalue weighted by Crippen LogP contribution is -2.29. The third kappa shape index (κ3) is 5.05. The van der Waals surface area contributed by atoms with Gasteiger partial charge in [0, 0.05) is 38.9 Å². The Morgan fingerprint density at radius 2 is 1.72 bits per heavy atom. The minimum atomic E-state index is -0.648. The number of hydrogen-bond donors (Lipinski definition) is 1. The van der Waals surface area contributed by atoms with Crippen LogP contribution in [0, 0.1) is 3.57 Å². The summed E-state index contributed by atoms with van der Waals surface area (Å²) in [6.45, 7) is 6.39. The number of halogens is 2. The predicted octanol–water partition coefficient (Wildman–Crippen LogP) is 7.05. The van der Waals surface area contributed by atoms with Gasteiger partial charge in [-0.05, 0) is 67.1 Å². The van der Waals surface area contributed by atoms with Crippen LogP contribution in [0.1, 0.15) is 53.7 Å². The molecule has 0 fully saturated rings. The second-order valence-corrected chi connectivity index (χ2v) is 10.7. The lowest BCUT2D eigenvalue weighted by Gasteiger charge is -2.30. The van der Waals surface area contributed by atoms with Gasteiger partial charge in [-0.15, -0.1) is 0 Å². The van der Waals surface area contributed by atoms with E-state index in [1.54, 1.807) is 6.92 Å². The first kappa shape index (κ1) is 27.3. The summed E-state index contributed by atoms with van der Waals surface area (Å²) in [4.78, 5) is 27.0. The highest BCUT2D eigenvalue weighted by Gasteiger charge is 2.43. The Kier molecular flexibility index (Phi) is 8.00. The van der Waals surface area contributed by atoms with Gasteiger partial charge in [-0.2, -0.15) is 0 Å². The Bertz CT molecular complexity index is 1540. The van der Waals surface area contributed by atoms with Gasteiger partial charge in [0.2, 0.25) is 0 Å². The molecular weight excluding hydrogens is 629 g/mol. The molecule has 0 saturated heterocycles. The number of nitrogens with one attached hydrogen (secondary N) is 1. The number of allylic oxidation sites excluding steroid dienone is 2. The van der Waals surface area contributed by atoms with Gasteiger partial charge < -0.3 is 19.5 Å². The first-order chi connectivity index (χ1) is 18.8. The van der Waals surface area contributed by atoms with Gasteiger partial charge in [0.05, 0.1) is 28.1 Å². The lowest BCUT2D eigenvalue weighted by atomic mass is 9.79. The van der Waals surface area contributed by atoms with Crippen molar-refractivity contribution in [1.82, 2.24) is 5.32 Å². The molecule has 2 aliphatic rings. The van der Waals surface area contributed by atoms with Crippen LogP contribution in [0.2, 0.25) is 5.02 Å². The van der Waals surface area contributed by atoms with Crippen molar-refractivity contribution in [2.75, 3.05) is 13.2 Å². The summed E-state index contributed by atoms with van der Waals surface area (Å²) in [5.41, 5.74) is 5.32. The summed E-state index contributed by atoms with van der Waals surface area (Å²) in [6.07, 6.45) is 0. The lowest BCUT2D eigenvalue weighted by molar-refractivity contribution is -0.138. The molecule has 8 heteroatoms. The fourth-order valence-corrected chi connectivity index (χ4v) is 6.04. The van der Waals surface area contributed by atoms with E-state index in [9.17, 15) is 9.59 Å². The molecule has 0 aromatic heterocycles. The van der Waals surface area contributed by atoms with Crippen molar-refractivity contribution in [2.24, 2.45) is 0 Å². The Balaban J connectivity index is 1.63. The molecule has 1 atom stereocenters. The molecule has 1 aliphatic carbocycles. The van der Waals surface area contributed by atoms with E-state index in [-0.39, 0.29) is 19.0 Å². The van der Waals surface area contributed by atoms with Crippen LogP contribution in [0.15, 0.2) is 77.5 Å². The molecule has 1 heterocycles. The van der Waals surface area contributed by atoms with Crippen LogP contribution in [0.25, 0.3) is 5.70 Å². The summed E-state index contributed by atoms with van der Waals surface area (Å²) in [7, 11) is 0. The van der Waals surface area contributed by atoms with Gasteiger partial charge in [0.15, 0.2) is 17.3 Å². The number of hydrogen-bond acceptors (Lipinski definition) is 6. The van der Waals surface area contributed by atoms with E-state index in [1.807, 2.05) is 74.5 Å². The highest BCUT2D eigenvalue weighted by molar-refractivity contribution is 14.1. The number of fused-ring (bicyclic) bond motifs is 2. The third-order valence-corrected chi connectivity index (χ3v) is 7.91. The maximum Gasteiger partial charge on any atom is 0.336 e. The summed E-state index contributed by atoms with van der Waals surface area (Å²) >= 11 is 8.55. The SMILES string of the molecule is CCOC(=O)C1=C(C)NC2=C(C(=O)c3ccccc32)[C@H]1c1cc(I)c(OCc2ccccc2Cl)c(OCC)c1. The van der Waals surface area contributed by atoms with Crippen LogP contribution in [0.5, 0.6) is 11.5 Å². The van der Waals surface area contributed by atoms with Crippen LogP contribution in [-0.2, 0) is 16.1 Å². The molecule has 0 bridgehead atoms. The molecule has 0 unspecified atom stereocenters. The van der Waals surface area contributed by atoms with E-state index in [0.29, 0.717) is 45.5 Å². The van der Waals surface area contributed by atoms with Crippen molar-refractivity contribution >= 4 is 51.6 Å². The zero-order valence-electron chi connectivity index (χ0n) is 21.8. The van der Waals surface area contributed by atoms with Crippen molar-refractivity contribution in [3.63, 3.8) is 0 Å². The van der Waals surface area contributed by atoms with Crippen molar-refractivity contribution in [1.29, 1.82) is 0 Å². The van der Waals surface area contributed by atoms with Crippen molar-refractivity contribution in [3.8, 4) is 11.5 Å². The minimum absolute atomic E-state index is 0.112. The van der Waals surface area contributed by atoms with E-state index >= 15 is 0 Å². The molecular formula is C31H27ClINO5. The van der Waals surface area contributed by atoms with Gasteiger partial charge in [-0.3, -0.25) is 4.79 Å². The highest BCUT2D eigenvalue weighted by Crippen LogP contribution is 2.49. The zero-order valence-corrected chi connectivity index (χ0v) is 24.7. The highest BCUT2D eigenvalue weighted by atomic mass is 127. The normalized spacial score (nSPS) is 16.0. The Labute approximate surface area is 246 Å². The Morgan fingerprint density at radius 3 is 2.44 bits per heavy atom. The predicted molar refractivity (Wildman–Crippen MR) is 159 cm³/mol. The second-order valence-electron chi connectivity index (χ2n) is 9.12.